The Morgan fingerprint density at radius 1 is 0.914 bits per heavy atom. The van der Waals surface area contributed by atoms with Crippen molar-refractivity contribution in [3.63, 3.8) is 0 Å². The number of hydrogen-bond donors (Lipinski definition) is 1. The van der Waals surface area contributed by atoms with E-state index in [1.54, 1.807) is 24.3 Å². The van der Waals surface area contributed by atoms with Gasteiger partial charge in [0.05, 0.1) is 6.10 Å². The van der Waals surface area contributed by atoms with Gasteiger partial charge in [-0.2, -0.15) is 0 Å². The quantitative estimate of drug-likeness (QED) is 0.313. The van der Waals surface area contributed by atoms with Crippen LogP contribution in [0.15, 0.2) is 84.9 Å². The third kappa shape index (κ3) is 7.31. The molecule has 5 nitrogen and oxygen atoms in total. The van der Waals surface area contributed by atoms with Crippen molar-refractivity contribution in [3.05, 3.63) is 101 Å². The average Bonchev–Trinajstić information content (AvgIpc) is 2.89. The second-order valence-electron chi connectivity index (χ2n) is 9.00. The number of carbonyl (C=O) groups is 1. The second kappa shape index (κ2) is 12.7. The summed E-state index contributed by atoms with van der Waals surface area (Å²) in [6, 6.07) is 27.8. The number of benzene rings is 3. The number of likely N-dealkylation sites (tertiary alicyclic amines) is 1. The van der Waals surface area contributed by atoms with Crippen LogP contribution < -0.4 is 4.90 Å². The highest BCUT2D eigenvalue weighted by Gasteiger charge is 2.24. The Morgan fingerprint density at radius 3 is 2.03 bits per heavy atom. The van der Waals surface area contributed by atoms with Crippen molar-refractivity contribution in [1.82, 2.24) is 4.90 Å². The van der Waals surface area contributed by atoms with Crippen molar-refractivity contribution in [1.29, 1.82) is 0 Å². The van der Waals surface area contributed by atoms with E-state index < -0.39 is 6.09 Å². The van der Waals surface area contributed by atoms with Crippen molar-refractivity contribution in [2.75, 3.05) is 31.1 Å². The number of ether oxygens (including phenoxy) is 1. The SMILES string of the molecule is O=C(O)N(CCCCN1CCC(OC(c2ccccc2)c2ccccc2)CC1)c1ccc(Cl)cc1. The van der Waals surface area contributed by atoms with Gasteiger partial charge in [-0.3, -0.25) is 4.90 Å². The zero-order chi connectivity index (χ0) is 24.5. The molecule has 0 aliphatic carbocycles. The van der Waals surface area contributed by atoms with Gasteiger partial charge in [-0.15, -0.1) is 0 Å². The van der Waals surface area contributed by atoms with Crippen LogP contribution in [0.1, 0.15) is 42.9 Å². The molecule has 3 aromatic carbocycles. The van der Waals surface area contributed by atoms with Crippen LogP contribution >= 0.6 is 11.6 Å². The molecule has 0 spiro atoms. The molecular weight excluding hydrogens is 460 g/mol. The van der Waals surface area contributed by atoms with E-state index in [2.05, 4.69) is 53.4 Å². The lowest BCUT2D eigenvalue weighted by atomic mass is 10.00. The van der Waals surface area contributed by atoms with E-state index in [1.807, 2.05) is 12.1 Å². The second-order valence-corrected chi connectivity index (χ2v) is 9.43. The van der Waals surface area contributed by atoms with Gasteiger partial charge in [-0.1, -0.05) is 72.3 Å². The molecule has 184 valence electrons. The summed E-state index contributed by atoms with van der Waals surface area (Å²) in [5, 5.41) is 10.2. The van der Waals surface area contributed by atoms with Gasteiger partial charge in [-0.25, -0.2) is 4.79 Å². The van der Waals surface area contributed by atoms with Crippen molar-refractivity contribution >= 4 is 23.4 Å². The highest BCUT2D eigenvalue weighted by Crippen LogP contribution is 2.30. The van der Waals surface area contributed by atoms with Gasteiger partial charge in [0, 0.05) is 30.3 Å². The van der Waals surface area contributed by atoms with Gasteiger partial charge in [0.15, 0.2) is 0 Å². The minimum Gasteiger partial charge on any atom is -0.465 e. The van der Waals surface area contributed by atoms with Crippen molar-refractivity contribution < 1.29 is 14.6 Å². The standard InChI is InChI=1S/C29H33ClN2O3/c30-25-13-15-26(16-14-25)32(29(33)34)20-8-7-19-31-21-17-27(18-22-31)35-28(23-9-3-1-4-10-23)24-11-5-2-6-12-24/h1-6,9-16,27-28H,7-8,17-22H2,(H,33,34). The topological polar surface area (TPSA) is 53.0 Å². The fourth-order valence-corrected chi connectivity index (χ4v) is 4.75. The van der Waals surface area contributed by atoms with E-state index in [0.717, 1.165) is 45.3 Å². The monoisotopic (exact) mass is 492 g/mol. The third-order valence-corrected chi connectivity index (χ3v) is 6.80. The number of nitrogens with zero attached hydrogens (tertiary/aromatic N) is 2. The number of hydrogen-bond acceptors (Lipinski definition) is 3. The summed E-state index contributed by atoms with van der Waals surface area (Å²) in [5.74, 6) is 0. The number of piperidine rings is 1. The molecule has 0 radical (unpaired) electrons. The lowest BCUT2D eigenvalue weighted by Gasteiger charge is -2.34. The predicted molar refractivity (Wildman–Crippen MR) is 141 cm³/mol. The summed E-state index contributed by atoms with van der Waals surface area (Å²) in [6.45, 7) is 3.45. The molecule has 0 atom stereocenters. The van der Waals surface area contributed by atoms with Crippen molar-refractivity contribution in [2.24, 2.45) is 0 Å². The summed E-state index contributed by atoms with van der Waals surface area (Å²) < 4.78 is 6.64. The lowest BCUT2D eigenvalue weighted by Crippen LogP contribution is -2.38. The molecule has 35 heavy (non-hydrogen) atoms. The average molecular weight is 493 g/mol. The van der Waals surface area contributed by atoms with Crippen LogP contribution in [0, 0.1) is 0 Å². The van der Waals surface area contributed by atoms with Crippen LogP contribution in [-0.4, -0.2) is 48.4 Å². The van der Waals surface area contributed by atoms with Crippen LogP contribution in [0.5, 0.6) is 0 Å². The Hall–Kier alpha value is -2.86. The first-order valence-electron chi connectivity index (χ1n) is 12.3. The summed E-state index contributed by atoms with van der Waals surface area (Å²) in [6.07, 6.45) is 3.02. The maximum absolute atomic E-state index is 11.7. The first kappa shape index (κ1) is 25.2. The molecule has 0 saturated carbocycles. The van der Waals surface area contributed by atoms with Crippen LogP contribution in [0.4, 0.5) is 10.5 Å². The number of amides is 1. The minimum absolute atomic E-state index is 0.0520. The smallest absolute Gasteiger partial charge is 0.411 e. The summed E-state index contributed by atoms with van der Waals surface area (Å²) in [5.41, 5.74) is 3.03. The van der Waals surface area contributed by atoms with Gasteiger partial charge in [0.1, 0.15) is 6.10 Å². The molecule has 1 heterocycles. The Kier molecular flexibility index (Phi) is 9.18. The zero-order valence-electron chi connectivity index (χ0n) is 19.9. The Labute approximate surface area is 212 Å². The van der Waals surface area contributed by atoms with Gasteiger partial charge in [0.2, 0.25) is 0 Å². The third-order valence-electron chi connectivity index (χ3n) is 6.54. The molecular formula is C29H33ClN2O3. The molecule has 4 rings (SSSR count). The van der Waals surface area contributed by atoms with Crippen molar-refractivity contribution in [3.8, 4) is 0 Å². The van der Waals surface area contributed by atoms with Gasteiger partial charge < -0.3 is 14.7 Å². The van der Waals surface area contributed by atoms with E-state index >= 15 is 0 Å². The van der Waals surface area contributed by atoms with Gasteiger partial charge in [0.25, 0.3) is 0 Å². The normalized spacial score (nSPS) is 14.8. The van der Waals surface area contributed by atoms with E-state index in [0.29, 0.717) is 17.3 Å². The number of unbranched alkanes of at least 4 members (excludes halogenated alkanes) is 1. The first-order chi connectivity index (χ1) is 17.1. The van der Waals surface area contributed by atoms with E-state index in [4.69, 9.17) is 16.3 Å². The molecule has 1 aliphatic rings. The molecule has 0 unspecified atom stereocenters. The maximum Gasteiger partial charge on any atom is 0.411 e. The summed E-state index contributed by atoms with van der Waals surface area (Å²) >= 11 is 5.93. The molecule has 0 aromatic heterocycles. The Morgan fingerprint density at radius 2 is 1.49 bits per heavy atom. The molecule has 3 aromatic rings. The molecule has 1 N–H and O–H groups in total. The van der Waals surface area contributed by atoms with Crippen LogP contribution in [0.25, 0.3) is 0 Å². The van der Waals surface area contributed by atoms with E-state index in [-0.39, 0.29) is 12.2 Å². The Balaban J connectivity index is 1.23. The highest BCUT2D eigenvalue weighted by atomic mass is 35.5. The summed E-state index contributed by atoms with van der Waals surface area (Å²) in [7, 11) is 0. The molecule has 1 saturated heterocycles. The minimum atomic E-state index is -0.934. The number of halogens is 1. The Bertz CT molecular complexity index is 999. The number of anilines is 1. The van der Waals surface area contributed by atoms with E-state index in [9.17, 15) is 9.90 Å². The van der Waals surface area contributed by atoms with E-state index in [1.165, 1.54) is 16.0 Å². The molecule has 0 bridgehead atoms. The van der Waals surface area contributed by atoms with Crippen LogP contribution in [0.2, 0.25) is 5.02 Å². The molecule has 1 amide bonds. The van der Waals surface area contributed by atoms with Gasteiger partial charge >= 0.3 is 6.09 Å². The highest BCUT2D eigenvalue weighted by molar-refractivity contribution is 6.30. The predicted octanol–water partition coefficient (Wildman–Crippen LogP) is 6.88. The molecule has 1 fully saturated rings. The zero-order valence-corrected chi connectivity index (χ0v) is 20.7. The van der Waals surface area contributed by atoms with Gasteiger partial charge in [-0.05, 0) is 67.6 Å². The van der Waals surface area contributed by atoms with Crippen molar-refractivity contribution in [2.45, 2.75) is 37.9 Å². The summed E-state index contributed by atoms with van der Waals surface area (Å²) in [4.78, 5) is 15.5. The van der Waals surface area contributed by atoms with Crippen LogP contribution in [0.3, 0.4) is 0 Å². The fourth-order valence-electron chi connectivity index (χ4n) is 4.63. The number of rotatable bonds is 10. The first-order valence-corrected chi connectivity index (χ1v) is 12.7. The fraction of sp³-hybridized carbons (Fsp3) is 0.345. The maximum atomic E-state index is 11.7. The lowest BCUT2D eigenvalue weighted by molar-refractivity contribution is -0.0270. The molecule has 6 heteroatoms. The molecule has 1 aliphatic heterocycles. The largest absolute Gasteiger partial charge is 0.465 e. The van der Waals surface area contributed by atoms with Crippen LogP contribution in [-0.2, 0) is 4.74 Å². The number of carboxylic acid groups (broad SMARTS) is 1.